The van der Waals surface area contributed by atoms with E-state index in [-0.39, 0.29) is 6.04 Å². The molecule has 1 atom stereocenters. The number of rotatable bonds is 5. The Bertz CT molecular complexity index is 281. The van der Waals surface area contributed by atoms with Gasteiger partial charge in [0.05, 0.1) is 11.1 Å². The average molecular weight is 259 g/mol. The minimum atomic E-state index is 0.265. The number of nitrogens with one attached hydrogen (secondary N) is 1. The van der Waals surface area contributed by atoms with Crippen molar-refractivity contribution >= 4 is 21.7 Å². The lowest BCUT2D eigenvalue weighted by molar-refractivity contribution is 0.141. The summed E-state index contributed by atoms with van der Waals surface area (Å²) in [6.45, 7) is 5.50. The van der Waals surface area contributed by atoms with Crippen LogP contribution in [-0.2, 0) is 4.74 Å². The minimum Gasteiger partial charge on any atom is -0.380 e. The Kier molecular flexibility index (Phi) is 4.90. The monoisotopic (exact) mass is 258 g/mol. The van der Waals surface area contributed by atoms with Gasteiger partial charge in [0, 0.05) is 18.8 Å². The summed E-state index contributed by atoms with van der Waals surface area (Å²) in [6, 6.07) is 4.12. The first kappa shape index (κ1) is 11.5. The van der Waals surface area contributed by atoms with Crippen molar-refractivity contribution in [3.63, 3.8) is 0 Å². The fraction of sp³-hybridized carbons (Fsp3) is 0.500. The number of aromatic nitrogens is 1. The van der Waals surface area contributed by atoms with E-state index in [1.807, 2.05) is 19.1 Å². The molecule has 1 N–H and O–H groups in total. The summed E-state index contributed by atoms with van der Waals surface area (Å²) in [5.41, 5.74) is 0. The number of nitrogens with zero attached hydrogens (tertiary/aromatic N) is 1. The van der Waals surface area contributed by atoms with Crippen LogP contribution in [0, 0.1) is 0 Å². The Balaban J connectivity index is 2.47. The van der Waals surface area contributed by atoms with E-state index in [4.69, 9.17) is 4.74 Å². The van der Waals surface area contributed by atoms with E-state index >= 15 is 0 Å². The van der Waals surface area contributed by atoms with Crippen LogP contribution in [0.4, 0.5) is 5.82 Å². The van der Waals surface area contributed by atoms with Crippen molar-refractivity contribution in [2.24, 2.45) is 0 Å². The first-order valence-corrected chi connectivity index (χ1v) is 5.48. The van der Waals surface area contributed by atoms with E-state index < -0.39 is 0 Å². The third-order valence-corrected chi connectivity index (χ3v) is 2.35. The number of hydrogen-bond donors (Lipinski definition) is 1. The molecule has 0 saturated heterocycles. The lowest BCUT2D eigenvalue weighted by Gasteiger charge is -2.14. The molecule has 78 valence electrons. The SMILES string of the molecule is CCOCC(C)Nc1ncccc1Br. The molecule has 0 bridgehead atoms. The fourth-order valence-corrected chi connectivity index (χ4v) is 1.43. The number of pyridine rings is 1. The highest BCUT2D eigenvalue weighted by molar-refractivity contribution is 9.10. The van der Waals surface area contributed by atoms with E-state index in [0.29, 0.717) is 6.61 Å². The van der Waals surface area contributed by atoms with Crippen LogP contribution in [-0.4, -0.2) is 24.2 Å². The van der Waals surface area contributed by atoms with Gasteiger partial charge in [-0.15, -0.1) is 0 Å². The highest BCUT2D eigenvalue weighted by Gasteiger charge is 2.04. The summed E-state index contributed by atoms with van der Waals surface area (Å²) in [7, 11) is 0. The molecule has 0 radical (unpaired) electrons. The Morgan fingerprint density at radius 3 is 3.07 bits per heavy atom. The van der Waals surface area contributed by atoms with Gasteiger partial charge in [0.1, 0.15) is 5.82 Å². The van der Waals surface area contributed by atoms with Gasteiger partial charge in [-0.25, -0.2) is 4.98 Å². The summed E-state index contributed by atoms with van der Waals surface area (Å²) in [5.74, 6) is 0.861. The lowest BCUT2D eigenvalue weighted by atomic mass is 10.3. The number of hydrogen-bond acceptors (Lipinski definition) is 3. The zero-order valence-corrected chi connectivity index (χ0v) is 10.0. The Labute approximate surface area is 93.0 Å². The molecule has 1 unspecified atom stereocenters. The van der Waals surface area contributed by atoms with Gasteiger partial charge in [0.2, 0.25) is 0 Å². The van der Waals surface area contributed by atoms with Gasteiger partial charge in [-0.2, -0.15) is 0 Å². The molecule has 1 heterocycles. The van der Waals surface area contributed by atoms with Crippen LogP contribution >= 0.6 is 15.9 Å². The maximum Gasteiger partial charge on any atom is 0.140 e. The zero-order chi connectivity index (χ0) is 10.4. The van der Waals surface area contributed by atoms with Crippen molar-refractivity contribution in [3.05, 3.63) is 22.8 Å². The molecule has 1 aromatic rings. The van der Waals surface area contributed by atoms with Crippen molar-refractivity contribution < 1.29 is 4.74 Å². The summed E-state index contributed by atoms with van der Waals surface area (Å²) < 4.78 is 6.28. The quantitative estimate of drug-likeness (QED) is 0.882. The van der Waals surface area contributed by atoms with Crippen LogP contribution in [0.15, 0.2) is 22.8 Å². The molecule has 0 spiro atoms. The van der Waals surface area contributed by atoms with E-state index in [1.54, 1.807) is 6.20 Å². The van der Waals surface area contributed by atoms with Crippen LogP contribution in [0.25, 0.3) is 0 Å². The van der Waals surface area contributed by atoms with E-state index in [2.05, 4.69) is 33.2 Å². The Hall–Kier alpha value is -0.610. The molecule has 3 nitrogen and oxygen atoms in total. The molecule has 0 fully saturated rings. The minimum absolute atomic E-state index is 0.265. The van der Waals surface area contributed by atoms with Gasteiger partial charge < -0.3 is 10.1 Å². The molecule has 0 saturated carbocycles. The highest BCUT2D eigenvalue weighted by Crippen LogP contribution is 2.18. The predicted molar refractivity (Wildman–Crippen MR) is 61.5 cm³/mol. The first-order valence-electron chi connectivity index (χ1n) is 4.68. The van der Waals surface area contributed by atoms with Gasteiger partial charge in [-0.05, 0) is 41.9 Å². The largest absolute Gasteiger partial charge is 0.380 e. The second kappa shape index (κ2) is 5.98. The van der Waals surface area contributed by atoms with Crippen molar-refractivity contribution in [2.75, 3.05) is 18.5 Å². The van der Waals surface area contributed by atoms with E-state index in [1.165, 1.54) is 0 Å². The van der Waals surface area contributed by atoms with Gasteiger partial charge in [-0.3, -0.25) is 0 Å². The van der Waals surface area contributed by atoms with Gasteiger partial charge in [0.25, 0.3) is 0 Å². The van der Waals surface area contributed by atoms with Crippen molar-refractivity contribution in [1.82, 2.24) is 4.98 Å². The molecular formula is C10H15BrN2O. The summed E-state index contributed by atoms with van der Waals surface area (Å²) in [4.78, 5) is 4.21. The smallest absolute Gasteiger partial charge is 0.140 e. The van der Waals surface area contributed by atoms with Gasteiger partial charge in [-0.1, -0.05) is 0 Å². The zero-order valence-electron chi connectivity index (χ0n) is 8.46. The van der Waals surface area contributed by atoms with Crippen molar-refractivity contribution in [2.45, 2.75) is 19.9 Å². The van der Waals surface area contributed by atoms with Gasteiger partial charge in [0.15, 0.2) is 0 Å². The highest BCUT2D eigenvalue weighted by atomic mass is 79.9. The van der Waals surface area contributed by atoms with Crippen LogP contribution in [0.1, 0.15) is 13.8 Å². The molecule has 14 heavy (non-hydrogen) atoms. The lowest BCUT2D eigenvalue weighted by Crippen LogP contribution is -2.22. The van der Waals surface area contributed by atoms with Crippen LogP contribution < -0.4 is 5.32 Å². The molecule has 0 aromatic carbocycles. The number of halogens is 1. The molecule has 4 heteroatoms. The Morgan fingerprint density at radius 2 is 2.43 bits per heavy atom. The second-order valence-electron chi connectivity index (χ2n) is 3.04. The van der Waals surface area contributed by atoms with Crippen LogP contribution in [0.5, 0.6) is 0 Å². The summed E-state index contributed by atoms with van der Waals surface area (Å²) in [5, 5.41) is 3.26. The maximum absolute atomic E-state index is 5.30. The molecular weight excluding hydrogens is 244 g/mol. The van der Waals surface area contributed by atoms with E-state index in [9.17, 15) is 0 Å². The van der Waals surface area contributed by atoms with Gasteiger partial charge >= 0.3 is 0 Å². The first-order chi connectivity index (χ1) is 6.74. The number of anilines is 1. The average Bonchev–Trinajstić information content (AvgIpc) is 2.18. The molecule has 0 amide bonds. The number of ether oxygens (including phenoxy) is 1. The molecule has 1 rings (SSSR count). The molecule has 1 aromatic heterocycles. The fourth-order valence-electron chi connectivity index (χ4n) is 1.06. The third-order valence-electron chi connectivity index (χ3n) is 1.71. The van der Waals surface area contributed by atoms with Crippen molar-refractivity contribution in [3.8, 4) is 0 Å². The summed E-state index contributed by atoms with van der Waals surface area (Å²) >= 11 is 3.43. The van der Waals surface area contributed by atoms with Crippen LogP contribution in [0.3, 0.4) is 0 Å². The Morgan fingerprint density at radius 1 is 1.64 bits per heavy atom. The van der Waals surface area contributed by atoms with Crippen LogP contribution in [0.2, 0.25) is 0 Å². The normalized spacial score (nSPS) is 12.5. The molecule has 0 aliphatic rings. The third kappa shape index (κ3) is 3.64. The standard InChI is InChI=1S/C10H15BrN2O/c1-3-14-7-8(2)13-10-9(11)5-4-6-12-10/h4-6,8H,3,7H2,1-2H3,(H,12,13). The maximum atomic E-state index is 5.30. The second-order valence-corrected chi connectivity index (χ2v) is 3.89. The topological polar surface area (TPSA) is 34.1 Å². The predicted octanol–water partition coefficient (Wildman–Crippen LogP) is 2.68. The summed E-state index contributed by atoms with van der Waals surface area (Å²) in [6.07, 6.45) is 1.76. The van der Waals surface area contributed by atoms with E-state index in [0.717, 1.165) is 16.9 Å². The molecule has 0 aliphatic heterocycles. The molecule has 0 aliphatic carbocycles. The van der Waals surface area contributed by atoms with Crippen molar-refractivity contribution in [1.29, 1.82) is 0 Å².